The van der Waals surface area contributed by atoms with Gasteiger partial charge in [0.05, 0.1) is 10.5 Å². The van der Waals surface area contributed by atoms with Crippen molar-refractivity contribution in [2.24, 2.45) is 5.92 Å². The van der Waals surface area contributed by atoms with Crippen LogP contribution in [0, 0.1) is 11.7 Å². The normalized spacial score (nSPS) is 21.2. The summed E-state index contributed by atoms with van der Waals surface area (Å²) < 4.78 is 26.9. The first-order valence-corrected chi connectivity index (χ1v) is 17.1. The molecule has 1 saturated carbocycles. The molecule has 2 aromatic rings. The SMILES string of the molecule is COCCCCn1c(C(=O)N(C(C)C)C2CCC(CCN(C(=O)CC3CCOCC3)C3CC3)NC2)c(Cl)c2ccc(F)cc21. The molecule has 2 atom stereocenters. The third kappa shape index (κ3) is 7.95. The molecule has 0 spiro atoms. The fourth-order valence-electron chi connectivity index (χ4n) is 7.07. The standard InChI is InChI=1S/C34H50ClFN4O4/c1-23(2)40(34(42)33-32(35)29-11-6-25(36)21-30(29)39(33)15-4-5-17-43-3)28-8-7-26(37-22-28)12-16-38(27-9-10-27)31(41)20-24-13-18-44-19-14-24/h6,11,21,23-24,26-28,37H,4-5,7-10,12-20,22H2,1-3H3. The maximum atomic E-state index is 14.3. The van der Waals surface area contributed by atoms with E-state index >= 15 is 0 Å². The monoisotopic (exact) mass is 632 g/mol. The van der Waals surface area contributed by atoms with E-state index in [4.69, 9.17) is 21.1 Å². The summed E-state index contributed by atoms with van der Waals surface area (Å²) in [4.78, 5) is 31.6. The summed E-state index contributed by atoms with van der Waals surface area (Å²) in [7, 11) is 1.67. The number of aromatic nitrogens is 1. The maximum Gasteiger partial charge on any atom is 0.272 e. The number of piperidine rings is 1. The van der Waals surface area contributed by atoms with Crippen molar-refractivity contribution >= 4 is 34.3 Å². The molecule has 2 aliphatic heterocycles. The van der Waals surface area contributed by atoms with E-state index in [-0.39, 0.29) is 23.8 Å². The molecule has 3 fully saturated rings. The molecule has 1 aromatic heterocycles. The molecule has 0 radical (unpaired) electrons. The Balaban J connectivity index is 1.23. The second-order valence-corrected chi connectivity index (χ2v) is 13.6. The number of fused-ring (bicyclic) bond motifs is 1. The number of hydrogen-bond donors (Lipinski definition) is 1. The van der Waals surface area contributed by atoms with Gasteiger partial charge in [0.15, 0.2) is 0 Å². The van der Waals surface area contributed by atoms with E-state index in [1.54, 1.807) is 13.2 Å². The van der Waals surface area contributed by atoms with Crippen molar-refractivity contribution in [3.8, 4) is 0 Å². The lowest BCUT2D eigenvalue weighted by molar-refractivity contribution is -0.133. The topological polar surface area (TPSA) is 76.0 Å². The minimum Gasteiger partial charge on any atom is -0.385 e. The third-order valence-electron chi connectivity index (χ3n) is 9.65. The predicted octanol–water partition coefficient (Wildman–Crippen LogP) is 6.03. The molecule has 1 N–H and O–H groups in total. The number of rotatable bonds is 14. The lowest BCUT2D eigenvalue weighted by atomic mass is 9.94. The largest absolute Gasteiger partial charge is 0.385 e. The number of nitrogens with zero attached hydrogens (tertiary/aromatic N) is 3. The second kappa shape index (κ2) is 15.4. The van der Waals surface area contributed by atoms with Crippen LogP contribution in [0.15, 0.2) is 18.2 Å². The molecule has 2 unspecified atom stereocenters. The Morgan fingerprint density at radius 3 is 2.52 bits per heavy atom. The Hall–Kier alpha value is -2.20. The molecule has 1 aromatic carbocycles. The first-order valence-electron chi connectivity index (χ1n) is 16.7. The van der Waals surface area contributed by atoms with Gasteiger partial charge >= 0.3 is 0 Å². The molecule has 2 saturated heterocycles. The number of benzene rings is 1. The highest BCUT2D eigenvalue weighted by Gasteiger charge is 2.36. The van der Waals surface area contributed by atoms with Crippen LogP contribution in [0.1, 0.15) is 88.5 Å². The quantitative estimate of drug-likeness (QED) is 0.258. The van der Waals surface area contributed by atoms with Crippen LogP contribution in [0.5, 0.6) is 0 Å². The summed E-state index contributed by atoms with van der Waals surface area (Å²) in [5, 5.41) is 4.78. The Morgan fingerprint density at radius 1 is 1.11 bits per heavy atom. The van der Waals surface area contributed by atoms with Gasteiger partial charge in [0.25, 0.3) is 5.91 Å². The van der Waals surface area contributed by atoms with Gasteiger partial charge in [-0.1, -0.05) is 11.6 Å². The molecule has 10 heteroatoms. The average Bonchev–Trinajstić information content (AvgIpc) is 3.81. The molecule has 44 heavy (non-hydrogen) atoms. The van der Waals surface area contributed by atoms with Crippen LogP contribution in [0.2, 0.25) is 5.02 Å². The first-order chi connectivity index (χ1) is 21.3. The molecule has 244 valence electrons. The highest BCUT2D eigenvalue weighted by atomic mass is 35.5. The van der Waals surface area contributed by atoms with Crippen LogP contribution in [0.3, 0.4) is 0 Å². The van der Waals surface area contributed by atoms with Crippen molar-refractivity contribution in [3.05, 3.63) is 34.7 Å². The molecule has 1 aliphatic carbocycles. The third-order valence-corrected chi connectivity index (χ3v) is 10.0. The first kappa shape index (κ1) is 33.2. The Kier molecular flexibility index (Phi) is 11.6. The number of nitrogens with one attached hydrogen (secondary N) is 1. The Bertz CT molecular complexity index is 1270. The van der Waals surface area contributed by atoms with Crippen molar-refractivity contribution in [2.75, 3.05) is 40.0 Å². The van der Waals surface area contributed by atoms with E-state index in [2.05, 4.69) is 10.2 Å². The van der Waals surface area contributed by atoms with Crippen LogP contribution < -0.4 is 5.32 Å². The molecule has 0 bridgehead atoms. The molecule has 2 amide bonds. The van der Waals surface area contributed by atoms with Crippen LogP contribution in [-0.4, -0.2) is 90.4 Å². The number of methoxy groups -OCH3 is 1. The molecular formula is C34H50ClFN4O4. The minimum absolute atomic E-state index is 0.0150. The maximum absolute atomic E-state index is 14.3. The zero-order valence-electron chi connectivity index (χ0n) is 26.7. The van der Waals surface area contributed by atoms with E-state index in [0.29, 0.717) is 71.6 Å². The van der Waals surface area contributed by atoms with Crippen molar-refractivity contribution in [3.63, 3.8) is 0 Å². The Labute approximate surface area is 266 Å². The van der Waals surface area contributed by atoms with Gasteiger partial charge in [-0.15, -0.1) is 0 Å². The highest BCUT2D eigenvalue weighted by Crippen LogP contribution is 2.34. The number of aryl methyl sites for hydroxylation is 1. The fourth-order valence-corrected chi connectivity index (χ4v) is 7.42. The van der Waals surface area contributed by atoms with E-state index < -0.39 is 0 Å². The lowest BCUT2D eigenvalue weighted by Gasteiger charge is -2.40. The number of halogens is 2. The van der Waals surface area contributed by atoms with Gasteiger partial charge in [-0.2, -0.15) is 0 Å². The van der Waals surface area contributed by atoms with E-state index in [0.717, 1.165) is 77.5 Å². The van der Waals surface area contributed by atoms with Crippen molar-refractivity contribution < 1.29 is 23.5 Å². The summed E-state index contributed by atoms with van der Waals surface area (Å²) in [6, 6.07) is 5.24. The Morgan fingerprint density at radius 2 is 1.86 bits per heavy atom. The lowest BCUT2D eigenvalue weighted by Crippen LogP contribution is -2.54. The van der Waals surface area contributed by atoms with Crippen LogP contribution in [0.25, 0.3) is 10.9 Å². The van der Waals surface area contributed by atoms with Gasteiger partial charge in [0.1, 0.15) is 11.5 Å². The van der Waals surface area contributed by atoms with Crippen molar-refractivity contribution in [1.82, 2.24) is 19.7 Å². The summed E-state index contributed by atoms with van der Waals surface area (Å²) in [5.74, 6) is 0.288. The van der Waals surface area contributed by atoms with Crippen LogP contribution >= 0.6 is 11.6 Å². The minimum atomic E-state index is -0.349. The van der Waals surface area contributed by atoms with Gasteiger partial charge in [-0.25, -0.2) is 4.39 Å². The number of carbonyl (C=O) groups is 2. The summed E-state index contributed by atoms with van der Waals surface area (Å²) in [6.07, 6.45) is 9.19. The molecule has 5 rings (SSSR count). The number of unbranched alkanes of at least 4 members (excludes halogenated alkanes) is 1. The van der Waals surface area contributed by atoms with Gasteiger partial charge in [0, 0.05) is 82.5 Å². The zero-order valence-corrected chi connectivity index (χ0v) is 27.4. The molecular weight excluding hydrogens is 583 g/mol. The predicted molar refractivity (Wildman–Crippen MR) is 172 cm³/mol. The fraction of sp³-hybridized carbons (Fsp3) is 0.706. The smallest absolute Gasteiger partial charge is 0.272 e. The van der Waals surface area contributed by atoms with E-state index in [1.165, 1.54) is 12.1 Å². The summed E-state index contributed by atoms with van der Waals surface area (Å²) in [5.41, 5.74) is 1.08. The van der Waals surface area contributed by atoms with Crippen molar-refractivity contribution in [2.45, 2.75) is 109 Å². The number of hydrogen-bond acceptors (Lipinski definition) is 5. The number of amides is 2. The number of ether oxygens (including phenoxy) is 2. The van der Waals surface area contributed by atoms with E-state index in [9.17, 15) is 14.0 Å². The van der Waals surface area contributed by atoms with Gasteiger partial charge in [0.2, 0.25) is 5.91 Å². The molecule has 3 aliphatic rings. The summed E-state index contributed by atoms with van der Waals surface area (Å²) in [6.45, 7) is 8.28. The van der Waals surface area contributed by atoms with Gasteiger partial charge < -0.3 is 29.2 Å². The molecule has 3 heterocycles. The highest BCUT2D eigenvalue weighted by molar-refractivity contribution is 6.38. The average molecular weight is 633 g/mol. The summed E-state index contributed by atoms with van der Waals surface area (Å²) >= 11 is 6.88. The van der Waals surface area contributed by atoms with E-state index in [1.807, 2.05) is 23.3 Å². The van der Waals surface area contributed by atoms with Crippen molar-refractivity contribution in [1.29, 1.82) is 0 Å². The van der Waals surface area contributed by atoms with Crippen LogP contribution in [-0.2, 0) is 20.8 Å². The second-order valence-electron chi connectivity index (χ2n) is 13.2. The van der Waals surface area contributed by atoms with Gasteiger partial charge in [-0.05, 0) is 95.8 Å². The molecule has 8 nitrogen and oxygen atoms in total. The van der Waals surface area contributed by atoms with Crippen LogP contribution in [0.4, 0.5) is 4.39 Å². The number of carbonyl (C=O) groups excluding carboxylic acids is 2. The zero-order chi connectivity index (χ0) is 31.2. The van der Waals surface area contributed by atoms with Gasteiger partial charge in [-0.3, -0.25) is 9.59 Å².